The molecule has 3 N–H and O–H groups in total. The number of fused-ring (bicyclic) bond motifs is 1. The van der Waals surface area contributed by atoms with Crippen molar-refractivity contribution >= 4 is 16.7 Å². The first-order valence-corrected chi connectivity index (χ1v) is 9.94. The van der Waals surface area contributed by atoms with Crippen LogP contribution in [0.25, 0.3) is 10.9 Å². The van der Waals surface area contributed by atoms with Gasteiger partial charge in [-0.2, -0.15) is 0 Å². The fourth-order valence-corrected chi connectivity index (χ4v) is 3.89. The van der Waals surface area contributed by atoms with Gasteiger partial charge in [0.15, 0.2) is 0 Å². The maximum atomic E-state index is 13.4. The zero-order valence-corrected chi connectivity index (χ0v) is 15.9. The Kier molecular flexibility index (Phi) is 5.78. The van der Waals surface area contributed by atoms with E-state index in [1.54, 1.807) is 0 Å². The third-order valence-corrected chi connectivity index (χ3v) is 5.32. The molecule has 1 fully saturated rings. The molecule has 5 nitrogen and oxygen atoms in total. The number of nitrogens with zero attached hydrogens (tertiary/aromatic N) is 3. The SMILES string of the molecule is NCCc1nc(NC[C@H](c2ccc(F)cc2)N2CCCC2)c2ccccc2n1. The fraction of sp³-hybridized carbons (Fsp3) is 0.364. The van der Waals surface area contributed by atoms with Crippen LogP contribution in [0, 0.1) is 5.82 Å². The first-order valence-electron chi connectivity index (χ1n) is 9.94. The van der Waals surface area contributed by atoms with Gasteiger partial charge in [-0.3, -0.25) is 4.90 Å². The molecule has 0 radical (unpaired) electrons. The lowest BCUT2D eigenvalue weighted by Gasteiger charge is -2.28. The van der Waals surface area contributed by atoms with E-state index in [4.69, 9.17) is 10.7 Å². The summed E-state index contributed by atoms with van der Waals surface area (Å²) in [6.45, 7) is 3.35. The summed E-state index contributed by atoms with van der Waals surface area (Å²) in [7, 11) is 0. The van der Waals surface area contributed by atoms with Crippen molar-refractivity contribution in [1.29, 1.82) is 0 Å². The van der Waals surface area contributed by atoms with E-state index in [0.29, 0.717) is 19.5 Å². The van der Waals surface area contributed by atoms with Gasteiger partial charge in [0.25, 0.3) is 0 Å². The van der Waals surface area contributed by atoms with Crippen molar-refractivity contribution in [2.75, 3.05) is 31.5 Å². The Balaban J connectivity index is 1.62. The summed E-state index contributed by atoms with van der Waals surface area (Å²) >= 11 is 0. The summed E-state index contributed by atoms with van der Waals surface area (Å²) in [5, 5.41) is 4.55. The molecule has 1 atom stereocenters. The molecule has 2 aromatic carbocycles. The second-order valence-corrected chi connectivity index (χ2v) is 7.24. The lowest BCUT2D eigenvalue weighted by Crippen LogP contribution is -2.31. The summed E-state index contributed by atoms with van der Waals surface area (Å²) < 4.78 is 13.4. The van der Waals surface area contributed by atoms with Crippen LogP contribution in [0.15, 0.2) is 48.5 Å². The second kappa shape index (κ2) is 8.63. The lowest BCUT2D eigenvalue weighted by atomic mass is 10.1. The van der Waals surface area contributed by atoms with Crippen LogP contribution in [-0.2, 0) is 6.42 Å². The molecule has 3 aromatic rings. The molecule has 0 amide bonds. The van der Waals surface area contributed by atoms with Crippen molar-refractivity contribution in [3.8, 4) is 0 Å². The van der Waals surface area contributed by atoms with Gasteiger partial charge in [0.05, 0.1) is 11.6 Å². The molecule has 1 aliphatic heterocycles. The number of benzene rings is 2. The normalized spacial score (nSPS) is 15.8. The Hall–Kier alpha value is -2.57. The van der Waals surface area contributed by atoms with Crippen LogP contribution in [-0.4, -0.2) is 41.0 Å². The number of hydrogen-bond donors (Lipinski definition) is 2. The van der Waals surface area contributed by atoms with Crippen LogP contribution >= 0.6 is 0 Å². The average molecular weight is 379 g/mol. The Morgan fingerprint density at radius 2 is 1.79 bits per heavy atom. The summed E-state index contributed by atoms with van der Waals surface area (Å²) in [6, 6.07) is 15.0. The molecular weight excluding hydrogens is 353 g/mol. The standard InChI is InChI=1S/C22H26FN5/c23-17-9-7-16(8-10-17)20(28-13-3-4-14-28)15-25-22-18-5-1-2-6-19(18)26-21(27-22)11-12-24/h1-2,5-10,20H,3-4,11-15,24H2,(H,25,26,27)/t20-/m1/s1. The molecule has 0 bridgehead atoms. The first kappa shape index (κ1) is 18.8. The van der Waals surface area contributed by atoms with Crippen LogP contribution in [0.2, 0.25) is 0 Å². The van der Waals surface area contributed by atoms with Crippen molar-refractivity contribution in [2.24, 2.45) is 5.73 Å². The first-order chi connectivity index (χ1) is 13.7. The lowest BCUT2D eigenvalue weighted by molar-refractivity contribution is 0.256. The molecule has 0 aliphatic carbocycles. The van der Waals surface area contributed by atoms with E-state index in [-0.39, 0.29) is 11.9 Å². The number of rotatable bonds is 7. The van der Waals surface area contributed by atoms with Gasteiger partial charge in [-0.05, 0) is 62.3 Å². The predicted molar refractivity (Wildman–Crippen MR) is 111 cm³/mol. The van der Waals surface area contributed by atoms with Crippen LogP contribution in [0.3, 0.4) is 0 Å². The highest BCUT2D eigenvalue weighted by atomic mass is 19.1. The molecule has 1 saturated heterocycles. The van der Waals surface area contributed by atoms with Crippen molar-refractivity contribution < 1.29 is 4.39 Å². The Bertz CT molecular complexity index is 922. The number of likely N-dealkylation sites (tertiary alicyclic amines) is 1. The van der Waals surface area contributed by atoms with Gasteiger partial charge in [-0.15, -0.1) is 0 Å². The third kappa shape index (κ3) is 4.13. The van der Waals surface area contributed by atoms with Crippen LogP contribution < -0.4 is 11.1 Å². The number of aromatic nitrogens is 2. The maximum Gasteiger partial charge on any atom is 0.137 e. The zero-order chi connectivity index (χ0) is 19.3. The summed E-state index contributed by atoms with van der Waals surface area (Å²) in [6.07, 6.45) is 3.05. The van der Waals surface area contributed by atoms with Crippen molar-refractivity contribution in [1.82, 2.24) is 14.9 Å². The van der Waals surface area contributed by atoms with E-state index in [9.17, 15) is 4.39 Å². The van der Waals surface area contributed by atoms with Crippen LogP contribution in [0.4, 0.5) is 10.2 Å². The molecule has 2 heterocycles. The number of nitrogens with one attached hydrogen (secondary N) is 1. The highest BCUT2D eigenvalue weighted by molar-refractivity contribution is 5.89. The minimum Gasteiger partial charge on any atom is -0.368 e. The molecule has 0 spiro atoms. The van der Waals surface area contributed by atoms with Crippen molar-refractivity contribution in [2.45, 2.75) is 25.3 Å². The van der Waals surface area contributed by atoms with Gasteiger partial charge in [-0.25, -0.2) is 14.4 Å². The van der Waals surface area contributed by atoms with Gasteiger partial charge >= 0.3 is 0 Å². The monoisotopic (exact) mass is 379 g/mol. The maximum absolute atomic E-state index is 13.4. The van der Waals surface area contributed by atoms with E-state index in [2.05, 4.69) is 15.2 Å². The van der Waals surface area contributed by atoms with E-state index in [1.165, 1.54) is 25.0 Å². The van der Waals surface area contributed by atoms with Crippen molar-refractivity contribution in [3.05, 3.63) is 65.7 Å². The Morgan fingerprint density at radius 3 is 2.54 bits per heavy atom. The molecule has 0 unspecified atom stereocenters. The highest BCUT2D eigenvalue weighted by Gasteiger charge is 2.24. The summed E-state index contributed by atoms with van der Waals surface area (Å²) in [5.41, 5.74) is 7.75. The van der Waals surface area contributed by atoms with E-state index in [0.717, 1.165) is 41.2 Å². The number of anilines is 1. The average Bonchev–Trinajstić information content (AvgIpc) is 3.24. The van der Waals surface area contributed by atoms with E-state index < -0.39 is 0 Å². The number of nitrogens with two attached hydrogens (primary N) is 1. The minimum absolute atomic E-state index is 0.176. The van der Waals surface area contributed by atoms with Gasteiger partial charge in [-0.1, -0.05) is 24.3 Å². The molecule has 1 aromatic heterocycles. The van der Waals surface area contributed by atoms with Gasteiger partial charge < -0.3 is 11.1 Å². The van der Waals surface area contributed by atoms with E-state index >= 15 is 0 Å². The summed E-state index contributed by atoms with van der Waals surface area (Å²) in [4.78, 5) is 11.8. The Morgan fingerprint density at radius 1 is 1.04 bits per heavy atom. The topological polar surface area (TPSA) is 67.1 Å². The van der Waals surface area contributed by atoms with Crippen LogP contribution in [0.1, 0.15) is 30.3 Å². The number of hydrogen-bond acceptors (Lipinski definition) is 5. The third-order valence-electron chi connectivity index (χ3n) is 5.32. The number of para-hydroxylation sites is 1. The molecular formula is C22H26FN5. The largest absolute Gasteiger partial charge is 0.368 e. The van der Waals surface area contributed by atoms with Gasteiger partial charge in [0, 0.05) is 18.4 Å². The molecule has 1 aliphatic rings. The van der Waals surface area contributed by atoms with Gasteiger partial charge in [0.2, 0.25) is 0 Å². The summed E-state index contributed by atoms with van der Waals surface area (Å²) in [5.74, 6) is 1.38. The Labute approximate surface area is 164 Å². The van der Waals surface area contributed by atoms with E-state index in [1.807, 2.05) is 36.4 Å². The molecule has 28 heavy (non-hydrogen) atoms. The number of halogens is 1. The van der Waals surface area contributed by atoms with Crippen LogP contribution in [0.5, 0.6) is 0 Å². The quantitative estimate of drug-likeness (QED) is 0.657. The van der Waals surface area contributed by atoms with Gasteiger partial charge in [0.1, 0.15) is 17.5 Å². The fourth-order valence-electron chi connectivity index (χ4n) is 3.89. The smallest absolute Gasteiger partial charge is 0.137 e. The molecule has 4 rings (SSSR count). The van der Waals surface area contributed by atoms with Crippen molar-refractivity contribution in [3.63, 3.8) is 0 Å². The minimum atomic E-state index is -0.204. The molecule has 146 valence electrons. The predicted octanol–water partition coefficient (Wildman–Crippen LogP) is 3.52. The zero-order valence-electron chi connectivity index (χ0n) is 15.9. The molecule has 0 saturated carbocycles. The second-order valence-electron chi connectivity index (χ2n) is 7.24. The highest BCUT2D eigenvalue weighted by Crippen LogP contribution is 2.27. The molecule has 6 heteroatoms.